The number of anilines is 2. The molecule has 1 heterocycles. The molecule has 98 valence electrons. The van der Waals surface area contributed by atoms with Gasteiger partial charge in [-0.1, -0.05) is 0 Å². The van der Waals surface area contributed by atoms with E-state index in [-0.39, 0.29) is 0 Å². The molecule has 3 aromatic rings. The van der Waals surface area contributed by atoms with Crippen molar-refractivity contribution in [2.75, 3.05) is 5.32 Å². The van der Waals surface area contributed by atoms with Crippen LogP contribution in [0.1, 0.15) is 0 Å². The van der Waals surface area contributed by atoms with Gasteiger partial charge in [-0.15, -0.1) is 0 Å². The molecule has 0 spiro atoms. The van der Waals surface area contributed by atoms with Crippen LogP contribution in [0.4, 0.5) is 11.4 Å². The first-order valence-electron chi connectivity index (χ1n) is 6.28. The Kier molecular flexibility index (Phi) is 2.96. The van der Waals surface area contributed by atoms with Crippen LogP contribution in [0.2, 0.25) is 5.02 Å². The van der Waals surface area contributed by atoms with Gasteiger partial charge in [-0.25, -0.2) is 0 Å². The van der Waals surface area contributed by atoms with Crippen LogP contribution in [0.3, 0.4) is 0 Å². The predicted octanol–water partition coefficient (Wildman–Crippen LogP) is 3.89. The molecular formula is C16H10AsCl2N. The van der Waals surface area contributed by atoms with Gasteiger partial charge in [-0.3, -0.25) is 0 Å². The van der Waals surface area contributed by atoms with Gasteiger partial charge in [-0.2, -0.15) is 0 Å². The van der Waals surface area contributed by atoms with E-state index < -0.39 is 13.7 Å². The maximum atomic E-state index is 6.87. The fourth-order valence-corrected chi connectivity index (χ4v) is 7.72. The van der Waals surface area contributed by atoms with Crippen LogP contribution in [0, 0.1) is 0 Å². The molecule has 4 rings (SSSR count). The van der Waals surface area contributed by atoms with E-state index >= 15 is 0 Å². The fourth-order valence-electron chi connectivity index (χ4n) is 2.61. The summed E-state index contributed by atoms with van der Waals surface area (Å²) in [6.07, 6.45) is 0. The van der Waals surface area contributed by atoms with Crippen molar-refractivity contribution in [3.8, 4) is 0 Å². The van der Waals surface area contributed by atoms with Crippen molar-refractivity contribution in [2.24, 2.45) is 0 Å². The minimum absolute atomic E-state index is 0.736. The van der Waals surface area contributed by atoms with Gasteiger partial charge in [0.1, 0.15) is 0 Å². The third-order valence-corrected chi connectivity index (χ3v) is 9.14. The first kappa shape index (κ1) is 12.6. The van der Waals surface area contributed by atoms with Crippen LogP contribution in [0.5, 0.6) is 0 Å². The van der Waals surface area contributed by atoms with Crippen molar-refractivity contribution in [2.45, 2.75) is 0 Å². The molecule has 1 unspecified atom stereocenters. The van der Waals surface area contributed by atoms with Gasteiger partial charge < -0.3 is 0 Å². The molecule has 1 N–H and O–H groups in total. The summed E-state index contributed by atoms with van der Waals surface area (Å²) < 4.78 is 2.50. The first-order valence-corrected chi connectivity index (χ1v) is 11.0. The number of rotatable bonds is 0. The van der Waals surface area contributed by atoms with E-state index in [1.807, 2.05) is 12.1 Å². The first-order chi connectivity index (χ1) is 9.74. The van der Waals surface area contributed by atoms with Crippen LogP contribution in [0.25, 0.3) is 10.8 Å². The van der Waals surface area contributed by atoms with E-state index in [4.69, 9.17) is 21.6 Å². The number of benzene rings is 3. The third-order valence-electron chi connectivity index (χ3n) is 3.54. The Labute approximate surface area is 130 Å². The average molecular weight is 362 g/mol. The van der Waals surface area contributed by atoms with Crippen LogP contribution < -0.4 is 14.0 Å². The number of nitrogens with one attached hydrogen (secondary N) is 1. The molecule has 1 nitrogen and oxygen atoms in total. The van der Waals surface area contributed by atoms with E-state index in [9.17, 15) is 0 Å². The Balaban J connectivity index is 2.01. The van der Waals surface area contributed by atoms with Crippen LogP contribution in [-0.2, 0) is 0 Å². The van der Waals surface area contributed by atoms with E-state index in [1.54, 1.807) is 0 Å². The summed E-state index contributed by atoms with van der Waals surface area (Å²) in [6.45, 7) is 0. The summed E-state index contributed by atoms with van der Waals surface area (Å²) >= 11 is 4.29. The monoisotopic (exact) mass is 361 g/mol. The van der Waals surface area contributed by atoms with Crippen LogP contribution in [-0.4, -0.2) is 13.7 Å². The molecule has 0 saturated carbocycles. The average Bonchev–Trinajstić information content (AvgIpc) is 2.46. The van der Waals surface area contributed by atoms with Gasteiger partial charge >= 0.3 is 131 Å². The Bertz CT molecular complexity index is 832. The fraction of sp³-hybridized carbons (Fsp3) is 0. The number of hydrogen-bond acceptors (Lipinski definition) is 1. The summed E-state index contributed by atoms with van der Waals surface area (Å²) in [5, 5.41) is 6.71. The zero-order chi connectivity index (χ0) is 13.7. The number of halogens is 2. The van der Waals surface area contributed by atoms with Gasteiger partial charge in [-0.05, 0) is 0 Å². The molecule has 0 aromatic heterocycles. The summed E-state index contributed by atoms with van der Waals surface area (Å²) in [5.74, 6) is 0. The Hall–Kier alpha value is -1.14. The molecule has 0 fully saturated rings. The number of hydrogen-bond donors (Lipinski definition) is 1. The summed E-state index contributed by atoms with van der Waals surface area (Å²) in [6, 6.07) is 18.6. The van der Waals surface area contributed by atoms with Gasteiger partial charge in [0.05, 0.1) is 0 Å². The third kappa shape index (κ3) is 1.85. The Morgan fingerprint density at radius 1 is 0.900 bits per heavy atom. The van der Waals surface area contributed by atoms with Gasteiger partial charge in [0.15, 0.2) is 0 Å². The van der Waals surface area contributed by atoms with E-state index in [1.165, 1.54) is 19.5 Å². The second kappa shape index (κ2) is 4.70. The van der Waals surface area contributed by atoms with Crippen molar-refractivity contribution in [3.63, 3.8) is 0 Å². The summed E-state index contributed by atoms with van der Waals surface area (Å²) in [5.41, 5.74) is 2.17. The standard InChI is InChI=1S/C16H10AsCl2N/c18-11-6-7-13-15(9-11)20-14-8-5-10-3-1-2-4-12(10)16(14)17(13)19/h1-9,20H. The summed E-state index contributed by atoms with van der Waals surface area (Å²) in [4.78, 5) is 0. The van der Waals surface area contributed by atoms with Gasteiger partial charge in [0.2, 0.25) is 0 Å². The van der Waals surface area contributed by atoms with E-state index in [0.29, 0.717) is 0 Å². The van der Waals surface area contributed by atoms with Crippen molar-refractivity contribution >= 4 is 66.1 Å². The zero-order valence-electron chi connectivity index (χ0n) is 10.4. The predicted molar refractivity (Wildman–Crippen MR) is 89.6 cm³/mol. The molecule has 1 atom stereocenters. The molecule has 20 heavy (non-hydrogen) atoms. The molecule has 3 aromatic carbocycles. The molecular weight excluding hydrogens is 352 g/mol. The molecule has 1 aliphatic heterocycles. The number of fused-ring (bicyclic) bond motifs is 4. The molecule has 0 aliphatic carbocycles. The maximum absolute atomic E-state index is 6.87. The van der Waals surface area contributed by atoms with E-state index in [2.05, 4.69) is 47.8 Å². The molecule has 1 aliphatic rings. The normalized spacial score (nSPS) is 16.4. The van der Waals surface area contributed by atoms with Gasteiger partial charge in [0, 0.05) is 0 Å². The second-order valence-corrected chi connectivity index (χ2v) is 10.1. The van der Waals surface area contributed by atoms with Crippen molar-refractivity contribution in [3.05, 3.63) is 59.6 Å². The van der Waals surface area contributed by atoms with Crippen molar-refractivity contribution in [1.29, 1.82) is 0 Å². The van der Waals surface area contributed by atoms with Crippen molar-refractivity contribution in [1.82, 2.24) is 0 Å². The minimum atomic E-state index is -1.79. The van der Waals surface area contributed by atoms with Crippen LogP contribution >= 0.6 is 21.6 Å². The van der Waals surface area contributed by atoms with Gasteiger partial charge in [0.25, 0.3) is 0 Å². The molecule has 0 bridgehead atoms. The van der Waals surface area contributed by atoms with Crippen LogP contribution in [0.15, 0.2) is 54.6 Å². The quantitative estimate of drug-likeness (QED) is 0.599. The second-order valence-electron chi connectivity index (χ2n) is 4.75. The molecule has 4 heteroatoms. The SMILES string of the molecule is Clc1ccc2c(c1)Nc1ccc3ccccc3c1[As]2Cl. The molecule has 0 saturated heterocycles. The van der Waals surface area contributed by atoms with Crippen molar-refractivity contribution < 1.29 is 0 Å². The topological polar surface area (TPSA) is 12.0 Å². The molecule has 0 amide bonds. The molecule has 0 radical (unpaired) electrons. The zero-order valence-corrected chi connectivity index (χ0v) is 13.8. The summed E-state index contributed by atoms with van der Waals surface area (Å²) in [7, 11) is 6.87. The Morgan fingerprint density at radius 2 is 1.75 bits per heavy atom. The Morgan fingerprint density at radius 3 is 2.65 bits per heavy atom. The van der Waals surface area contributed by atoms with E-state index in [0.717, 1.165) is 16.4 Å².